The summed E-state index contributed by atoms with van der Waals surface area (Å²) in [6.07, 6.45) is 1.43. The smallest absolute Gasteiger partial charge is 0.249 e. The lowest BCUT2D eigenvalue weighted by Crippen LogP contribution is -2.34. The van der Waals surface area contributed by atoms with Crippen molar-refractivity contribution in [3.63, 3.8) is 0 Å². The van der Waals surface area contributed by atoms with Gasteiger partial charge in [-0.1, -0.05) is 42.0 Å². The molecule has 0 radical (unpaired) electrons. The van der Waals surface area contributed by atoms with Crippen molar-refractivity contribution in [2.75, 3.05) is 6.61 Å². The van der Waals surface area contributed by atoms with Gasteiger partial charge in [0.1, 0.15) is 11.9 Å². The molecule has 1 unspecified atom stereocenters. The van der Waals surface area contributed by atoms with Crippen molar-refractivity contribution in [2.24, 2.45) is 0 Å². The van der Waals surface area contributed by atoms with E-state index in [1.165, 1.54) is 11.1 Å². The van der Waals surface area contributed by atoms with Gasteiger partial charge in [-0.2, -0.15) is 0 Å². The molecule has 0 bridgehead atoms. The molecule has 3 aromatic rings. The SMILES string of the molecule is Cc1ccc(Cn2c(CNC(=O)C3CCCO3)nc3ccccc32)cc1. The standard InChI is InChI=1S/C21H23N3O2/c1-15-8-10-16(11-9-15)14-24-18-6-3-2-5-17(18)23-20(24)13-22-21(25)19-7-4-12-26-19/h2-3,5-6,8-11,19H,4,7,12-14H2,1H3,(H,22,25). The monoisotopic (exact) mass is 349 g/mol. The Labute approximate surface area is 153 Å². The van der Waals surface area contributed by atoms with E-state index in [2.05, 4.69) is 47.1 Å². The minimum atomic E-state index is -0.315. The Morgan fingerprint density at radius 1 is 1.23 bits per heavy atom. The molecule has 1 saturated heterocycles. The van der Waals surface area contributed by atoms with E-state index in [-0.39, 0.29) is 12.0 Å². The summed E-state index contributed by atoms with van der Waals surface area (Å²) < 4.78 is 7.64. The van der Waals surface area contributed by atoms with Crippen molar-refractivity contribution in [3.05, 3.63) is 65.5 Å². The van der Waals surface area contributed by atoms with Gasteiger partial charge in [-0.3, -0.25) is 4.79 Å². The maximum absolute atomic E-state index is 12.3. The Bertz CT molecular complexity index is 909. The van der Waals surface area contributed by atoms with Crippen LogP contribution in [0.1, 0.15) is 29.8 Å². The van der Waals surface area contributed by atoms with Crippen molar-refractivity contribution >= 4 is 16.9 Å². The molecule has 1 aromatic heterocycles. The van der Waals surface area contributed by atoms with Crippen molar-refractivity contribution in [1.82, 2.24) is 14.9 Å². The molecule has 1 aliphatic heterocycles. The molecule has 1 N–H and O–H groups in total. The van der Waals surface area contributed by atoms with Crippen LogP contribution >= 0.6 is 0 Å². The van der Waals surface area contributed by atoms with Crippen LogP contribution in [0.4, 0.5) is 0 Å². The highest BCUT2D eigenvalue weighted by Gasteiger charge is 2.23. The number of rotatable bonds is 5. The Kier molecular flexibility index (Phi) is 4.71. The zero-order valence-corrected chi connectivity index (χ0v) is 14.9. The predicted molar refractivity (Wildman–Crippen MR) is 101 cm³/mol. The van der Waals surface area contributed by atoms with Crippen molar-refractivity contribution in [1.29, 1.82) is 0 Å². The summed E-state index contributed by atoms with van der Waals surface area (Å²) in [5.41, 5.74) is 4.48. The second-order valence-corrected chi connectivity index (χ2v) is 6.81. The first-order valence-corrected chi connectivity index (χ1v) is 9.10. The molecule has 0 spiro atoms. The van der Waals surface area contributed by atoms with Crippen LogP contribution in [-0.2, 0) is 22.6 Å². The van der Waals surface area contributed by atoms with Gasteiger partial charge < -0.3 is 14.6 Å². The second kappa shape index (κ2) is 7.30. The number of benzene rings is 2. The third kappa shape index (κ3) is 3.48. The first-order valence-electron chi connectivity index (χ1n) is 9.10. The van der Waals surface area contributed by atoms with Gasteiger partial charge in [0.2, 0.25) is 5.91 Å². The fourth-order valence-corrected chi connectivity index (χ4v) is 3.38. The predicted octanol–water partition coefficient (Wildman–Crippen LogP) is 3.19. The number of hydrogen-bond acceptors (Lipinski definition) is 3. The number of hydrogen-bond donors (Lipinski definition) is 1. The molecule has 1 atom stereocenters. The number of aryl methyl sites for hydroxylation is 1. The molecular weight excluding hydrogens is 326 g/mol. The minimum Gasteiger partial charge on any atom is -0.368 e. The Morgan fingerprint density at radius 2 is 2.04 bits per heavy atom. The van der Waals surface area contributed by atoms with E-state index in [9.17, 15) is 4.79 Å². The van der Waals surface area contributed by atoms with Gasteiger partial charge in [0.25, 0.3) is 0 Å². The highest BCUT2D eigenvalue weighted by molar-refractivity contribution is 5.81. The Balaban J connectivity index is 1.58. The van der Waals surface area contributed by atoms with Crippen LogP contribution in [-0.4, -0.2) is 28.2 Å². The molecule has 2 heterocycles. The summed E-state index contributed by atoms with van der Waals surface area (Å²) in [7, 11) is 0. The Morgan fingerprint density at radius 3 is 2.81 bits per heavy atom. The van der Waals surface area contributed by atoms with Crippen LogP contribution in [0.3, 0.4) is 0 Å². The third-order valence-corrected chi connectivity index (χ3v) is 4.84. The molecule has 0 saturated carbocycles. The van der Waals surface area contributed by atoms with Gasteiger partial charge in [-0.15, -0.1) is 0 Å². The normalized spacial score (nSPS) is 16.9. The van der Waals surface area contributed by atoms with E-state index < -0.39 is 0 Å². The number of nitrogens with one attached hydrogen (secondary N) is 1. The van der Waals surface area contributed by atoms with Gasteiger partial charge in [0.15, 0.2) is 0 Å². The summed E-state index contributed by atoms with van der Waals surface area (Å²) in [4.78, 5) is 17.0. The summed E-state index contributed by atoms with van der Waals surface area (Å²) in [6.45, 7) is 3.89. The minimum absolute atomic E-state index is 0.0450. The largest absolute Gasteiger partial charge is 0.368 e. The van der Waals surface area contributed by atoms with Crippen molar-refractivity contribution < 1.29 is 9.53 Å². The number of fused-ring (bicyclic) bond motifs is 1. The van der Waals surface area contributed by atoms with Crippen LogP contribution < -0.4 is 5.32 Å². The lowest BCUT2D eigenvalue weighted by atomic mass is 10.1. The van der Waals surface area contributed by atoms with E-state index in [4.69, 9.17) is 9.72 Å². The topological polar surface area (TPSA) is 56.2 Å². The fourth-order valence-electron chi connectivity index (χ4n) is 3.38. The lowest BCUT2D eigenvalue weighted by Gasteiger charge is -2.13. The third-order valence-electron chi connectivity index (χ3n) is 4.84. The molecule has 5 heteroatoms. The molecule has 2 aromatic carbocycles. The summed E-state index contributed by atoms with van der Waals surface area (Å²) in [5, 5.41) is 2.99. The average Bonchev–Trinajstić information content (AvgIpc) is 3.30. The molecule has 0 aliphatic carbocycles. The van der Waals surface area contributed by atoms with Gasteiger partial charge >= 0.3 is 0 Å². The van der Waals surface area contributed by atoms with Crippen LogP contribution in [0.5, 0.6) is 0 Å². The van der Waals surface area contributed by atoms with Crippen LogP contribution in [0, 0.1) is 6.92 Å². The zero-order valence-electron chi connectivity index (χ0n) is 14.9. The van der Waals surface area contributed by atoms with Crippen molar-refractivity contribution in [3.8, 4) is 0 Å². The van der Waals surface area contributed by atoms with Gasteiger partial charge in [0.05, 0.1) is 17.6 Å². The highest BCUT2D eigenvalue weighted by Crippen LogP contribution is 2.19. The lowest BCUT2D eigenvalue weighted by molar-refractivity contribution is -0.130. The molecule has 26 heavy (non-hydrogen) atoms. The van der Waals surface area contributed by atoms with Gasteiger partial charge in [0, 0.05) is 13.2 Å². The molecular formula is C21H23N3O2. The summed E-state index contributed by atoms with van der Waals surface area (Å²) in [5.74, 6) is 0.814. The number of carbonyl (C=O) groups is 1. The van der Waals surface area contributed by atoms with E-state index in [1.54, 1.807) is 0 Å². The Hall–Kier alpha value is -2.66. The number of aromatic nitrogens is 2. The first kappa shape index (κ1) is 16.8. The van der Waals surface area contributed by atoms with Crippen LogP contribution in [0.25, 0.3) is 11.0 Å². The number of imidazole rings is 1. The van der Waals surface area contributed by atoms with Crippen LogP contribution in [0.15, 0.2) is 48.5 Å². The number of ether oxygens (including phenoxy) is 1. The van der Waals surface area contributed by atoms with E-state index in [1.807, 2.05) is 18.2 Å². The molecule has 1 amide bonds. The van der Waals surface area contributed by atoms with Gasteiger partial charge in [-0.25, -0.2) is 4.98 Å². The van der Waals surface area contributed by atoms with Gasteiger partial charge in [-0.05, 0) is 37.5 Å². The fraction of sp³-hybridized carbons (Fsp3) is 0.333. The molecule has 134 valence electrons. The number of amides is 1. The average molecular weight is 349 g/mol. The summed E-state index contributed by atoms with van der Waals surface area (Å²) in [6, 6.07) is 16.6. The van der Waals surface area contributed by atoms with E-state index in [0.717, 1.165) is 36.2 Å². The first-order chi connectivity index (χ1) is 12.7. The van der Waals surface area contributed by atoms with Crippen molar-refractivity contribution in [2.45, 2.75) is 39.0 Å². The van der Waals surface area contributed by atoms with E-state index >= 15 is 0 Å². The zero-order chi connectivity index (χ0) is 17.9. The molecule has 4 rings (SSSR count). The quantitative estimate of drug-likeness (QED) is 0.770. The second-order valence-electron chi connectivity index (χ2n) is 6.81. The van der Waals surface area contributed by atoms with E-state index in [0.29, 0.717) is 13.2 Å². The van der Waals surface area contributed by atoms with Crippen LogP contribution in [0.2, 0.25) is 0 Å². The maximum Gasteiger partial charge on any atom is 0.249 e. The summed E-state index contributed by atoms with van der Waals surface area (Å²) >= 11 is 0. The highest BCUT2D eigenvalue weighted by atomic mass is 16.5. The number of nitrogens with zero attached hydrogens (tertiary/aromatic N) is 2. The molecule has 1 aliphatic rings. The number of para-hydroxylation sites is 2. The number of carbonyl (C=O) groups excluding carboxylic acids is 1. The maximum atomic E-state index is 12.3. The molecule has 1 fully saturated rings. The molecule has 5 nitrogen and oxygen atoms in total.